The molecule has 65 heavy (non-hydrogen) atoms. The Bertz CT molecular complexity index is 2920. The molecule has 0 aliphatic carbocycles. The third kappa shape index (κ3) is 10.0. The Balaban J connectivity index is 1.08. The zero-order chi connectivity index (χ0) is 46.3. The number of aryl methyl sites for hydroxylation is 1. The van der Waals surface area contributed by atoms with E-state index in [1.165, 1.54) is 0 Å². The van der Waals surface area contributed by atoms with Crippen molar-refractivity contribution in [2.45, 2.75) is 51.4 Å². The third-order valence-corrected chi connectivity index (χ3v) is 12.3. The molecule has 1 heterocycles. The first-order chi connectivity index (χ1) is 31.2. The van der Waals surface area contributed by atoms with E-state index in [1.54, 1.807) is 18.2 Å². The van der Waals surface area contributed by atoms with Crippen molar-refractivity contribution in [3.63, 3.8) is 0 Å². The van der Waals surface area contributed by atoms with Crippen LogP contribution < -0.4 is 15.1 Å². The molecule has 1 atom stereocenters. The van der Waals surface area contributed by atoms with Crippen LogP contribution >= 0.6 is 0 Å². The average Bonchev–Trinajstić information content (AvgIpc) is 3.53. The van der Waals surface area contributed by atoms with E-state index in [4.69, 9.17) is 0 Å². The summed E-state index contributed by atoms with van der Waals surface area (Å²) < 4.78 is 0. The lowest BCUT2D eigenvalue weighted by Gasteiger charge is -2.33. The molecule has 1 aliphatic rings. The van der Waals surface area contributed by atoms with Crippen LogP contribution in [0.1, 0.15) is 59.8 Å². The number of carbonyl (C=O) groups excluding carboxylic acids is 1. The summed E-state index contributed by atoms with van der Waals surface area (Å²) in [6, 6.07) is 45.7. The van der Waals surface area contributed by atoms with Gasteiger partial charge < -0.3 is 20.2 Å². The maximum absolute atomic E-state index is 13.4. The van der Waals surface area contributed by atoms with Gasteiger partial charge in [-0.2, -0.15) is 15.5 Å². The smallest absolute Gasteiger partial charge is 0.305 e. The number of fused-ring (bicyclic) bond motifs is 3. The van der Waals surface area contributed by atoms with E-state index in [0.717, 1.165) is 61.4 Å². The van der Waals surface area contributed by atoms with E-state index in [0.29, 0.717) is 35.5 Å². The molecule has 1 aliphatic heterocycles. The lowest BCUT2D eigenvalue weighted by atomic mass is 9.70. The molecule has 6 aromatic rings. The molecule has 0 saturated carbocycles. The molecular formula is C56H54N6O3. The summed E-state index contributed by atoms with van der Waals surface area (Å²) in [7, 11) is 3.98. The zero-order valence-corrected chi connectivity index (χ0v) is 37.8. The van der Waals surface area contributed by atoms with Gasteiger partial charge in [0.15, 0.2) is 0 Å². The van der Waals surface area contributed by atoms with Crippen molar-refractivity contribution >= 4 is 51.1 Å². The van der Waals surface area contributed by atoms with Crippen molar-refractivity contribution in [2.75, 3.05) is 35.8 Å². The number of anilines is 3. The maximum atomic E-state index is 13.4. The zero-order valence-electron chi connectivity index (χ0n) is 37.8. The quantitative estimate of drug-likeness (QED) is 0.0602. The highest BCUT2D eigenvalue weighted by Crippen LogP contribution is 2.51. The fourth-order valence-electron chi connectivity index (χ4n) is 8.66. The molecule has 326 valence electrons. The Kier molecular flexibility index (Phi) is 13.4. The lowest BCUT2D eigenvalue weighted by molar-refractivity contribution is -0.136. The summed E-state index contributed by atoms with van der Waals surface area (Å²) in [5, 5.41) is 33.9. The number of allylic oxidation sites excluding steroid dienone is 7. The molecule has 7 rings (SSSR count). The molecular weight excluding hydrogens is 805 g/mol. The molecule has 0 aromatic heterocycles. The minimum absolute atomic E-state index is 0.0283. The van der Waals surface area contributed by atoms with Gasteiger partial charge >= 0.3 is 5.97 Å². The van der Waals surface area contributed by atoms with Crippen molar-refractivity contribution in [1.29, 1.82) is 5.26 Å². The number of amides is 1. The number of carboxylic acids is 1. The summed E-state index contributed by atoms with van der Waals surface area (Å²) in [4.78, 5) is 29.2. The van der Waals surface area contributed by atoms with Crippen molar-refractivity contribution < 1.29 is 14.7 Å². The second-order valence-electron chi connectivity index (χ2n) is 17.4. The van der Waals surface area contributed by atoms with Gasteiger partial charge in [-0.3, -0.25) is 9.59 Å². The van der Waals surface area contributed by atoms with E-state index in [1.807, 2.05) is 122 Å². The Morgan fingerprint density at radius 2 is 1.51 bits per heavy atom. The van der Waals surface area contributed by atoms with Crippen LogP contribution in [-0.2, 0) is 22.0 Å². The SMILES string of the molecule is C=C(/C=C/C(C#N)=C/C=C1/N(CCC(=O)O)c2ccc3ccccc3c2C1(C)C)C(C)(Cc1ccc(C(=O)Nc2ccc(/N=N/c3ccc(N(C)C)cc3)cc2)cc1)c1ccccc1C. The van der Waals surface area contributed by atoms with Crippen LogP contribution in [0, 0.1) is 18.3 Å². The summed E-state index contributed by atoms with van der Waals surface area (Å²) in [6.07, 6.45) is 8.04. The first-order valence-corrected chi connectivity index (χ1v) is 21.6. The van der Waals surface area contributed by atoms with Gasteiger partial charge in [-0.1, -0.05) is 100 Å². The van der Waals surface area contributed by atoms with Gasteiger partial charge in [0.2, 0.25) is 0 Å². The molecule has 6 aromatic carbocycles. The molecule has 0 saturated heterocycles. The van der Waals surface area contributed by atoms with Gasteiger partial charge in [-0.05, 0) is 137 Å². The number of nitrogens with zero attached hydrogens (tertiary/aromatic N) is 5. The molecule has 1 unspecified atom stereocenters. The van der Waals surface area contributed by atoms with Crippen molar-refractivity contribution in [1.82, 2.24) is 0 Å². The van der Waals surface area contributed by atoms with Gasteiger partial charge in [-0.15, -0.1) is 0 Å². The topological polar surface area (TPSA) is 121 Å². The molecule has 9 nitrogen and oxygen atoms in total. The molecule has 0 spiro atoms. The summed E-state index contributed by atoms with van der Waals surface area (Å²) in [5.41, 5.74) is 10.2. The standard InChI is InChI=1S/C56H54N6O3/c1-38-12-8-11-15-49(38)56(5,36-40-18-21-43(22-19-40)54(65)58-44-24-26-45(27-25-44)59-60-46-28-30-47(31-29-46)61(6)7)39(2)16-17-41(37-57)20-33-51-55(3,4)53-48-14-10-9-13-42(48)23-32-50(53)62(51)35-34-52(63)64/h8-33H,2,34-36H2,1,3-7H3,(H,58,65)(H,63,64)/b17-16+,41-20-,51-33+,60-59+. The highest BCUT2D eigenvalue weighted by molar-refractivity contribution is 6.04. The first-order valence-electron chi connectivity index (χ1n) is 21.6. The molecule has 2 N–H and O–H groups in total. The maximum Gasteiger partial charge on any atom is 0.305 e. The van der Waals surface area contributed by atoms with Crippen LogP contribution in [0.25, 0.3) is 10.8 Å². The van der Waals surface area contributed by atoms with Crippen LogP contribution in [0.4, 0.5) is 28.4 Å². The van der Waals surface area contributed by atoms with Crippen molar-refractivity contribution in [2.24, 2.45) is 10.2 Å². The molecule has 0 bridgehead atoms. The number of rotatable bonds is 15. The summed E-state index contributed by atoms with van der Waals surface area (Å²) in [5.74, 6) is -1.10. The largest absolute Gasteiger partial charge is 0.481 e. The van der Waals surface area contributed by atoms with Gasteiger partial charge in [0, 0.05) is 59.8 Å². The van der Waals surface area contributed by atoms with E-state index in [2.05, 4.69) is 97.2 Å². The average molecular weight is 859 g/mol. The van der Waals surface area contributed by atoms with Crippen LogP contribution in [0.3, 0.4) is 0 Å². The fourth-order valence-corrected chi connectivity index (χ4v) is 8.66. The van der Waals surface area contributed by atoms with Crippen molar-refractivity contribution in [3.05, 3.63) is 209 Å². The number of hydrogen-bond acceptors (Lipinski definition) is 7. The number of carbonyl (C=O) groups is 2. The van der Waals surface area contributed by atoms with Gasteiger partial charge in [0.25, 0.3) is 5.91 Å². The number of aliphatic carboxylic acids is 1. The van der Waals surface area contributed by atoms with E-state index >= 15 is 0 Å². The highest BCUT2D eigenvalue weighted by atomic mass is 16.4. The van der Waals surface area contributed by atoms with Crippen LogP contribution in [0.5, 0.6) is 0 Å². The van der Waals surface area contributed by atoms with Gasteiger partial charge in [0.1, 0.15) is 0 Å². The molecule has 9 heteroatoms. The van der Waals surface area contributed by atoms with Crippen LogP contribution in [-0.4, -0.2) is 37.6 Å². The fraction of sp³-hybridized carbons (Fsp3) is 0.196. The number of carboxylic acid groups (broad SMARTS) is 1. The van der Waals surface area contributed by atoms with Crippen LogP contribution in [0.15, 0.2) is 191 Å². The Hall–Kier alpha value is -7.83. The first kappa shape index (κ1) is 45.2. The molecule has 1 amide bonds. The number of azo groups is 1. The lowest BCUT2D eigenvalue weighted by Crippen LogP contribution is -2.28. The number of benzene rings is 6. The second-order valence-corrected chi connectivity index (χ2v) is 17.4. The predicted molar refractivity (Wildman–Crippen MR) is 265 cm³/mol. The van der Waals surface area contributed by atoms with Gasteiger partial charge in [0.05, 0.1) is 29.4 Å². The number of nitriles is 1. The van der Waals surface area contributed by atoms with E-state index in [9.17, 15) is 20.0 Å². The Morgan fingerprint density at radius 1 is 0.862 bits per heavy atom. The molecule has 0 radical (unpaired) electrons. The van der Waals surface area contributed by atoms with E-state index in [-0.39, 0.29) is 12.3 Å². The monoisotopic (exact) mass is 858 g/mol. The minimum Gasteiger partial charge on any atom is -0.481 e. The Labute approximate surface area is 382 Å². The molecule has 0 fully saturated rings. The normalized spacial score (nSPS) is 14.9. The summed E-state index contributed by atoms with van der Waals surface area (Å²) in [6.45, 7) is 13.4. The Morgan fingerprint density at radius 3 is 2.15 bits per heavy atom. The second kappa shape index (κ2) is 19.3. The van der Waals surface area contributed by atoms with Gasteiger partial charge in [-0.25, -0.2) is 0 Å². The third-order valence-electron chi connectivity index (χ3n) is 12.3. The predicted octanol–water partition coefficient (Wildman–Crippen LogP) is 13.1. The van der Waals surface area contributed by atoms with E-state index < -0.39 is 16.8 Å². The number of hydrogen-bond donors (Lipinski definition) is 2. The minimum atomic E-state index is -0.870. The highest BCUT2D eigenvalue weighted by Gasteiger charge is 2.41. The number of nitrogens with one attached hydrogen (secondary N) is 1. The van der Waals surface area contributed by atoms with Crippen molar-refractivity contribution in [3.8, 4) is 6.07 Å². The summed E-state index contributed by atoms with van der Waals surface area (Å²) >= 11 is 0. The van der Waals surface area contributed by atoms with Crippen LogP contribution in [0.2, 0.25) is 0 Å².